The molecule has 1 saturated heterocycles. The Balaban J connectivity index is 1.77. The molecule has 0 aromatic heterocycles. The van der Waals surface area contributed by atoms with Crippen LogP contribution >= 0.6 is 0 Å². The van der Waals surface area contributed by atoms with Gasteiger partial charge in [0.1, 0.15) is 6.54 Å². The second kappa shape index (κ2) is 14.0. The lowest BCUT2D eigenvalue weighted by Gasteiger charge is -2.32. The SMILES string of the molecule is CCCC(CCO)CNC(=NCC(=O)N1CCC(Cc2ccccc2)CC1)NCC. The molecule has 6 nitrogen and oxygen atoms in total. The predicted molar refractivity (Wildman–Crippen MR) is 124 cm³/mol. The summed E-state index contributed by atoms with van der Waals surface area (Å²) in [7, 11) is 0. The Morgan fingerprint density at radius 1 is 1.17 bits per heavy atom. The molecule has 6 heteroatoms. The highest BCUT2D eigenvalue weighted by atomic mass is 16.3. The van der Waals surface area contributed by atoms with Gasteiger partial charge in [0.2, 0.25) is 5.91 Å². The monoisotopic (exact) mass is 416 g/mol. The molecule has 1 aromatic rings. The highest BCUT2D eigenvalue weighted by molar-refractivity contribution is 5.85. The minimum absolute atomic E-state index is 0.103. The number of aliphatic hydroxyl groups excluding tert-OH is 1. The van der Waals surface area contributed by atoms with E-state index in [0.717, 1.165) is 64.7 Å². The van der Waals surface area contributed by atoms with Crippen molar-refractivity contribution in [3.05, 3.63) is 35.9 Å². The lowest BCUT2D eigenvalue weighted by atomic mass is 9.90. The third kappa shape index (κ3) is 8.74. The number of hydrogen-bond donors (Lipinski definition) is 3. The molecule has 1 aliphatic rings. The highest BCUT2D eigenvalue weighted by Gasteiger charge is 2.22. The third-order valence-electron chi connectivity index (χ3n) is 5.84. The Morgan fingerprint density at radius 3 is 2.53 bits per heavy atom. The molecule has 0 bridgehead atoms. The van der Waals surface area contributed by atoms with E-state index in [0.29, 0.717) is 17.8 Å². The molecule has 2 rings (SSSR count). The fraction of sp³-hybridized carbons (Fsp3) is 0.667. The molecular weight excluding hydrogens is 376 g/mol. The first-order chi connectivity index (χ1) is 14.7. The van der Waals surface area contributed by atoms with E-state index in [1.807, 2.05) is 11.8 Å². The number of aliphatic imine (C=N–C) groups is 1. The van der Waals surface area contributed by atoms with Gasteiger partial charge in [-0.15, -0.1) is 0 Å². The van der Waals surface area contributed by atoms with Crippen molar-refractivity contribution in [1.82, 2.24) is 15.5 Å². The molecule has 1 atom stereocenters. The number of guanidine groups is 1. The molecule has 1 aliphatic heterocycles. The molecule has 1 fully saturated rings. The van der Waals surface area contributed by atoms with Crippen LogP contribution in [0.25, 0.3) is 0 Å². The van der Waals surface area contributed by atoms with E-state index in [2.05, 4.69) is 52.9 Å². The quantitative estimate of drug-likeness (QED) is 0.383. The number of benzene rings is 1. The number of nitrogens with zero attached hydrogens (tertiary/aromatic N) is 2. The maximum atomic E-state index is 12.6. The zero-order valence-corrected chi connectivity index (χ0v) is 18.8. The summed E-state index contributed by atoms with van der Waals surface area (Å²) in [6, 6.07) is 10.6. The van der Waals surface area contributed by atoms with Crippen LogP contribution in [-0.2, 0) is 11.2 Å². The Morgan fingerprint density at radius 2 is 1.90 bits per heavy atom. The molecule has 1 unspecified atom stereocenters. The van der Waals surface area contributed by atoms with Crippen molar-refractivity contribution in [1.29, 1.82) is 0 Å². The number of likely N-dealkylation sites (tertiary alicyclic amines) is 1. The first-order valence-electron chi connectivity index (χ1n) is 11.6. The number of carbonyl (C=O) groups is 1. The van der Waals surface area contributed by atoms with E-state index < -0.39 is 0 Å². The number of hydrogen-bond acceptors (Lipinski definition) is 3. The molecule has 1 amide bonds. The molecular formula is C24H40N4O2. The smallest absolute Gasteiger partial charge is 0.244 e. The lowest BCUT2D eigenvalue weighted by Crippen LogP contribution is -2.43. The van der Waals surface area contributed by atoms with Crippen molar-refractivity contribution < 1.29 is 9.90 Å². The zero-order valence-electron chi connectivity index (χ0n) is 18.8. The fourth-order valence-electron chi connectivity index (χ4n) is 4.10. The van der Waals surface area contributed by atoms with E-state index in [4.69, 9.17) is 0 Å². The summed E-state index contributed by atoms with van der Waals surface area (Å²) in [6.45, 7) is 7.73. The number of rotatable bonds is 11. The van der Waals surface area contributed by atoms with Gasteiger partial charge >= 0.3 is 0 Å². The molecule has 0 saturated carbocycles. The summed E-state index contributed by atoms with van der Waals surface area (Å²) in [6.07, 6.45) is 6.17. The van der Waals surface area contributed by atoms with Crippen molar-refractivity contribution in [2.24, 2.45) is 16.8 Å². The van der Waals surface area contributed by atoms with E-state index in [9.17, 15) is 9.90 Å². The van der Waals surface area contributed by atoms with Gasteiger partial charge in [-0.05, 0) is 56.4 Å². The minimum Gasteiger partial charge on any atom is -0.396 e. The van der Waals surface area contributed by atoms with E-state index in [1.165, 1.54) is 5.56 Å². The Kier molecular flexibility index (Phi) is 11.3. The summed E-state index contributed by atoms with van der Waals surface area (Å²) in [5, 5.41) is 15.8. The van der Waals surface area contributed by atoms with Gasteiger partial charge < -0.3 is 20.6 Å². The molecule has 168 valence electrons. The number of piperidine rings is 1. The van der Waals surface area contributed by atoms with Crippen LogP contribution in [-0.4, -0.2) is 61.2 Å². The van der Waals surface area contributed by atoms with E-state index >= 15 is 0 Å². The number of amides is 1. The van der Waals surface area contributed by atoms with Gasteiger partial charge in [-0.2, -0.15) is 0 Å². The second-order valence-electron chi connectivity index (χ2n) is 8.26. The molecule has 1 aromatic carbocycles. The van der Waals surface area contributed by atoms with Crippen LogP contribution in [0, 0.1) is 11.8 Å². The number of carbonyl (C=O) groups excluding carboxylic acids is 1. The molecule has 30 heavy (non-hydrogen) atoms. The summed E-state index contributed by atoms with van der Waals surface area (Å²) in [5.41, 5.74) is 1.39. The van der Waals surface area contributed by atoms with Crippen molar-refractivity contribution in [3.63, 3.8) is 0 Å². The van der Waals surface area contributed by atoms with Gasteiger partial charge in [0.25, 0.3) is 0 Å². The number of nitrogens with one attached hydrogen (secondary N) is 2. The standard InChI is InChI=1S/C24H40N4O2/c1-3-8-22(13-16-29)18-26-24(25-4-2)27-19-23(30)28-14-11-21(12-15-28)17-20-9-6-5-7-10-20/h5-7,9-10,21-22,29H,3-4,8,11-19H2,1-2H3,(H2,25,26,27). The van der Waals surface area contributed by atoms with Crippen LogP contribution in [0.3, 0.4) is 0 Å². The molecule has 0 radical (unpaired) electrons. The van der Waals surface area contributed by atoms with Crippen LogP contribution in [0.5, 0.6) is 0 Å². The van der Waals surface area contributed by atoms with Gasteiger partial charge in [-0.3, -0.25) is 4.79 Å². The van der Waals surface area contributed by atoms with Gasteiger partial charge in [-0.1, -0.05) is 43.7 Å². The summed E-state index contributed by atoms with van der Waals surface area (Å²) in [5.74, 6) is 1.86. The third-order valence-corrected chi connectivity index (χ3v) is 5.84. The first kappa shape index (κ1) is 24.2. The van der Waals surface area contributed by atoms with Crippen LogP contribution < -0.4 is 10.6 Å². The summed E-state index contributed by atoms with van der Waals surface area (Å²) < 4.78 is 0. The van der Waals surface area contributed by atoms with Crippen LogP contribution in [0.2, 0.25) is 0 Å². The number of aliphatic hydroxyl groups is 1. The van der Waals surface area contributed by atoms with Crippen molar-refractivity contribution in [2.45, 2.75) is 52.4 Å². The fourth-order valence-corrected chi connectivity index (χ4v) is 4.10. The van der Waals surface area contributed by atoms with E-state index in [1.54, 1.807) is 0 Å². The van der Waals surface area contributed by atoms with Crippen LogP contribution in [0.1, 0.15) is 51.5 Å². The Hall–Kier alpha value is -2.08. The van der Waals surface area contributed by atoms with Crippen molar-refractivity contribution >= 4 is 11.9 Å². The zero-order chi connectivity index (χ0) is 21.6. The molecule has 1 heterocycles. The van der Waals surface area contributed by atoms with Gasteiger partial charge in [-0.25, -0.2) is 4.99 Å². The summed E-state index contributed by atoms with van der Waals surface area (Å²) >= 11 is 0. The average Bonchev–Trinajstić information content (AvgIpc) is 2.77. The van der Waals surface area contributed by atoms with Crippen LogP contribution in [0.15, 0.2) is 35.3 Å². The van der Waals surface area contributed by atoms with Crippen LogP contribution in [0.4, 0.5) is 0 Å². The Labute approximate surface area is 182 Å². The van der Waals surface area contributed by atoms with E-state index in [-0.39, 0.29) is 19.1 Å². The highest BCUT2D eigenvalue weighted by Crippen LogP contribution is 2.21. The predicted octanol–water partition coefficient (Wildman–Crippen LogP) is 2.82. The van der Waals surface area contributed by atoms with Crippen molar-refractivity contribution in [3.8, 4) is 0 Å². The lowest BCUT2D eigenvalue weighted by molar-refractivity contribution is -0.130. The summed E-state index contributed by atoms with van der Waals surface area (Å²) in [4.78, 5) is 19.1. The Bertz CT molecular complexity index is 621. The molecule has 0 spiro atoms. The van der Waals surface area contributed by atoms with Gasteiger partial charge in [0.15, 0.2) is 5.96 Å². The van der Waals surface area contributed by atoms with Gasteiger partial charge in [0.05, 0.1) is 0 Å². The average molecular weight is 417 g/mol. The molecule has 3 N–H and O–H groups in total. The normalized spacial score (nSPS) is 16.4. The molecule has 0 aliphatic carbocycles. The van der Waals surface area contributed by atoms with Crippen molar-refractivity contribution in [2.75, 3.05) is 39.3 Å². The largest absolute Gasteiger partial charge is 0.396 e. The topological polar surface area (TPSA) is 77.0 Å². The second-order valence-corrected chi connectivity index (χ2v) is 8.26. The maximum absolute atomic E-state index is 12.6. The maximum Gasteiger partial charge on any atom is 0.244 e. The minimum atomic E-state index is 0.103. The first-order valence-corrected chi connectivity index (χ1v) is 11.6. The van der Waals surface area contributed by atoms with Gasteiger partial charge in [0, 0.05) is 32.8 Å².